The Bertz CT molecular complexity index is 285. The average molecular weight is 211 g/mol. The fraction of sp³-hybridized carbons (Fsp3) is 0.667. The normalized spacial score (nSPS) is 12.4. The molecule has 1 atom stereocenters. The van der Waals surface area contributed by atoms with Gasteiger partial charge in [0.1, 0.15) is 0 Å². The lowest BCUT2D eigenvalue weighted by Crippen LogP contribution is -2.41. The zero-order valence-corrected chi connectivity index (χ0v) is 9.10. The molecule has 0 fully saturated rings. The number of rotatable bonds is 6. The van der Waals surface area contributed by atoms with Crippen molar-refractivity contribution < 1.29 is 4.79 Å². The molecular weight excluding hydrogens is 194 g/mol. The molecule has 0 saturated carbocycles. The van der Waals surface area contributed by atoms with E-state index in [4.69, 9.17) is 0 Å². The zero-order valence-electron chi connectivity index (χ0n) is 9.10. The molecule has 0 saturated heterocycles. The molecule has 0 aliphatic rings. The van der Waals surface area contributed by atoms with Crippen molar-refractivity contribution in [3.8, 4) is 0 Å². The molecule has 0 aromatic carbocycles. The highest BCUT2D eigenvalue weighted by molar-refractivity contribution is 5.80. The van der Waals surface area contributed by atoms with E-state index in [1.54, 1.807) is 17.9 Å². The van der Waals surface area contributed by atoms with Crippen LogP contribution in [0.25, 0.3) is 0 Å². The Morgan fingerprint density at radius 1 is 1.60 bits per heavy atom. The first-order valence-electron chi connectivity index (χ1n) is 5.03. The second kappa shape index (κ2) is 6.13. The number of likely N-dealkylation sites (N-methyl/N-ethyl adjacent to an activating group) is 1. The van der Waals surface area contributed by atoms with E-state index in [-0.39, 0.29) is 11.9 Å². The van der Waals surface area contributed by atoms with Crippen molar-refractivity contribution in [2.75, 3.05) is 13.6 Å². The van der Waals surface area contributed by atoms with Crippen molar-refractivity contribution in [1.29, 1.82) is 0 Å². The molecule has 0 aliphatic heterocycles. The molecule has 6 nitrogen and oxygen atoms in total. The van der Waals surface area contributed by atoms with Gasteiger partial charge in [-0.3, -0.25) is 9.48 Å². The summed E-state index contributed by atoms with van der Waals surface area (Å²) in [4.78, 5) is 11.1. The molecule has 0 radical (unpaired) electrons. The molecule has 2 N–H and O–H groups in total. The maximum atomic E-state index is 11.1. The standard InChI is InChI=1S/C9H17N5O/c1-8(9(15)10-2)11-4-3-6-14-7-5-12-13-14/h5,7-8,11H,3-4,6H2,1-2H3,(H,10,15). The van der Waals surface area contributed by atoms with Gasteiger partial charge in [0.15, 0.2) is 0 Å². The molecule has 84 valence electrons. The number of hydrogen-bond donors (Lipinski definition) is 2. The van der Waals surface area contributed by atoms with Crippen molar-refractivity contribution in [2.24, 2.45) is 0 Å². The van der Waals surface area contributed by atoms with Crippen molar-refractivity contribution in [1.82, 2.24) is 25.6 Å². The highest BCUT2D eigenvalue weighted by Gasteiger charge is 2.08. The molecule has 1 rings (SSSR count). The molecule has 1 unspecified atom stereocenters. The monoisotopic (exact) mass is 211 g/mol. The Morgan fingerprint density at radius 2 is 2.40 bits per heavy atom. The number of carbonyl (C=O) groups is 1. The summed E-state index contributed by atoms with van der Waals surface area (Å²) < 4.78 is 1.77. The van der Waals surface area contributed by atoms with Gasteiger partial charge in [-0.1, -0.05) is 5.21 Å². The maximum Gasteiger partial charge on any atom is 0.236 e. The van der Waals surface area contributed by atoms with Crippen LogP contribution in [0.3, 0.4) is 0 Å². The SMILES string of the molecule is CNC(=O)C(C)NCCCn1ccnn1. The molecule has 1 heterocycles. The predicted octanol–water partition coefficient (Wildman–Crippen LogP) is -0.608. The third kappa shape index (κ3) is 4.07. The Morgan fingerprint density at radius 3 is 3.00 bits per heavy atom. The van der Waals surface area contributed by atoms with Crippen LogP contribution < -0.4 is 10.6 Å². The van der Waals surface area contributed by atoms with Crippen LogP contribution in [0, 0.1) is 0 Å². The minimum Gasteiger partial charge on any atom is -0.358 e. The van der Waals surface area contributed by atoms with E-state index in [0.717, 1.165) is 19.5 Å². The summed E-state index contributed by atoms with van der Waals surface area (Å²) in [7, 11) is 1.63. The van der Waals surface area contributed by atoms with E-state index < -0.39 is 0 Å². The van der Waals surface area contributed by atoms with Crippen LogP contribution in [0.5, 0.6) is 0 Å². The van der Waals surface area contributed by atoms with E-state index in [1.807, 2.05) is 13.1 Å². The van der Waals surface area contributed by atoms with Crippen molar-refractivity contribution in [3.05, 3.63) is 12.4 Å². The second-order valence-corrected chi connectivity index (χ2v) is 3.31. The summed E-state index contributed by atoms with van der Waals surface area (Å²) in [5.41, 5.74) is 0. The van der Waals surface area contributed by atoms with E-state index in [1.165, 1.54) is 0 Å². The highest BCUT2D eigenvalue weighted by Crippen LogP contribution is 1.87. The van der Waals surface area contributed by atoms with Crippen molar-refractivity contribution in [2.45, 2.75) is 25.9 Å². The second-order valence-electron chi connectivity index (χ2n) is 3.31. The van der Waals surface area contributed by atoms with Gasteiger partial charge in [0, 0.05) is 19.8 Å². The number of carbonyl (C=O) groups excluding carboxylic acids is 1. The summed E-state index contributed by atoms with van der Waals surface area (Å²) in [6.45, 7) is 3.44. The number of aryl methyl sites for hydroxylation is 1. The molecule has 6 heteroatoms. The van der Waals surface area contributed by atoms with Gasteiger partial charge in [-0.05, 0) is 19.9 Å². The maximum absolute atomic E-state index is 11.1. The van der Waals surface area contributed by atoms with Gasteiger partial charge in [-0.2, -0.15) is 0 Å². The van der Waals surface area contributed by atoms with E-state index >= 15 is 0 Å². The zero-order chi connectivity index (χ0) is 11.1. The summed E-state index contributed by atoms with van der Waals surface area (Å²) in [6, 6.07) is -0.147. The van der Waals surface area contributed by atoms with Gasteiger partial charge in [-0.25, -0.2) is 0 Å². The largest absolute Gasteiger partial charge is 0.358 e. The van der Waals surface area contributed by atoms with Crippen LogP contribution in [0.2, 0.25) is 0 Å². The van der Waals surface area contributed by atoms with Crippen LogP contribution in [0.1, 0.15) is 13.3 Å². The van der Waals surface area contributed by atoms with E-state index in [2.05, 4.69) is 20.9 Å². The molecule has 1 aromatic rings. The lowest BCUT2D eigenvalue weighted by Gasteiger charge is -2.11. The summed E-state index contributed by atoms with van der Waals surface area (Å²) in [6.07, 6.45) is 4.40. The third-order valence-electron chi connectivity index (χ3n) is 2.13. The predicted molar refractivity (Wildman–Crippen MR) is 56.2 cm³/mol. The molecule has 15 heavy (non-hydrogen) atoms. The first kappa shape index (κ1) is 11.6. The number of aromatic nitrogens is 3. The molecule has 1 amide bonds. The van der Waals surface area contributed by atoms with E-state index in [0.29, 0.717) is 0 Å². The Kier molecular flexibility index (Phi) is 4.76. The summed E-state index contributed by atoms with van der Waals surface area (Å²) in [5.74, 6) is 0.00996. The first-order valence-corrected chi connectivity index (χ1v) is 5.03. The van der Waals surface area contributed by atoms with Gasteiger partial charge >= 0.3 is 0 Å². The van der Waals surface area contributed by atoms with Gasteiger partial charge in [0.05, 0.1) is 12.2 Å². The average Bonchev–Trinajstić information content (AvgIpc) is 2.75. The van der Waals surface area contributed by atoms with Gasteiger partial charge in [-0.15, -0.1) is 5.10 Å². The quantitative estimate of drug-likeness (QED) is 0.616. The smallest absolute Gasteiger partial charge is 0.236 e. The first-order chi connectivity index (χ1) is 7.24. The van der Waals surface area contributed by atoms with Crippen LogP contribution in [-0.2, 0) is 11.3 Å². The van der Waals surface area contributed by atoms with Crippen LogP contribution in [-0.4, -0.2) is 40.5 Å². The highest BCUT2D eigenvalue weighted by atomic mass is 16.2. The Balaban J connectivity index is 2.09. The lowest BCUT2D eigenvalue weighted by molar-refractivity contribution is -0.122. The molecule has 0 bridgehead atoms. The molecule has 0 aliphatic carbocycles. The van der Waals surface area contributed by atoms with Crippen molar-refractivity contribution >= 4 is 5.91 Å². The fourth-order valence-corrected chi connectivity index (χ4v) is 1.22. The Hall–Kier alpha value is -1.43. The lowest BCUT2D eigenvalue weighted by atomic mass is 10.3. The summed E-state index contributed by atoms with van der Waals surface area (Å²) >= 11 is 0. The fourth-order valence-electron chi connectivity index (χ4n) is 1.22. The van der Waals surface area contributed by atoms with Gasteiger partial charge in [0.2, 0.25) is 5.91 Å². The molecular formula is C9H17N5O. The topological polar surface area (TPSA) is 71.8 Å². The molecule has 0 spiro atoms. The Labute approximate surface area is 89.0 Å². The summed E-state index contributed by atoms with van der Waals surface area (Å²) in [5, 5.41) is 13.3. The molecule has 1 aromatic heterocycles. The third-order valence-corrected chi connectivity index (χ3v) is 2.13. The van der Waals surface area contributed by atoms with Crippen LogP contribution >= 0.6 is 0 Å². The number of hydrogen-bond acceptors (Lipinski definition) is 4. The number of amides is 1. The van der Waals surface area contributed by atoms with Crippen molar-refractivity contribution in [3.63, 3.8) is 0 Å². The number of nitrogens with one attached hydrogen (secondary N) is 2. The van der Waals surface area contributed by atoms with E-state index in [9.17, 15) is 4.79 Å². The number of nitrogens with zero attached hydrogens (tertiary/aromatic N) is 3. The minimum atomic E-state index is -0.147. The van der Waals surface area contributed by atoms with Crippen LogP contribution in [0.4, 0.5) is 0 Å². The minimum absolute atomic E-state index is 0.00996. The van der Waals surface area contributed by atoms with Crippen LogP contribution in [0.15, 0.2) is 12.4 Å². The van der Waals surface area contributed by atoms with Gasteiger partial charge < -0.3 is 10.6 Å². The van der Waals surface area contributed by atoms with Gasteiger partial charge in [0.25, 0.3) is 0 Å².